The molecule has 5 rings (SSSR count). The summed E-state index contributed by atoms with van der Waals surface area (Å²) in [4.78, 5) is 48.7. The van der Waals surface area contributed by atoms with Crippen LogP contribution in [0, 0.1) is 27.4 Å². The molecular formula is C28H33ClN5O10PS. The first kappa shape index (κ1) is 34.0. The Hall–Kier alpha value is -3.34. The number of Topliss-reactive ketones (excluding diaryl/α,β-unsaturated/α-hetero) is 1. The minimum absolute atomic E-state index is 0.0500. The van der Waals surface area contributed by atoms with E-state index >= 15 is 0 Å². The van der Waals surface area contributed by atoms with E-state index < -0.39 is 53.3 Å². The number of hydrazine groups is 1. The monoisotopic (exact) mass is 697 g/mol. The summed E-state index contributed by atoms with van der Waals surface area (Å²) in [5.41, 5.74) is -0.133. The summed E-state index contributed by atoms with van der Waals surface area (Å²) in [5.74, 6) is -1.14. The number of phosphoric acid groups is 1. The molecule has 18 heteroatoms. The Labute approximate surface area is 269 Å². The van der Waals surface area contributed by atoms with Crippen molar-refractivity contribution in [3.63, 3.8) is 0 Å². The molecule has 15 nitrogen and oxygen atoms in total. The lowest BCUT2D eigenvalue weighted by molar-refractivity contribution is -0.628. The lowest BCUT2D eigenvalue weighted by Gasteiger charge is -2.43. The number of benzene rings is 1. The Morgan fingerprint density at radius 1 is 1.30 bits per heavy atom. The number of ketones is 1. The third-order valence-electron chi connectivity index (χ3n) is 8.09. The highest BCUT2D eigenvalue weighted by Crippen LogP contribution is 2.59. The zero-order valence-corrected chi connectivity index (χ0v) is 27.3. The smallest absolute Gasteiger partial charge is 0.469 e. The molecule has 248 valence electrons. The number of sulfonamides is 1. The van der Waals surface area contributed by atoms with Crippen molar-refractivity contribution >= 4 is 46.1 Å². The summed E-state index contributed by atoms with van der Waals surface area (Å²) in [7, 11) is -5.27. The van der Waals surface area contributed by atoms with Gasteiger partial charge in [0.05, 0.1) is 34.5 Å². The molecule has 0 fully saturated rings. The number of carbonyl (C=O) groups excluding carboxylic acids is 1. The van der Waals surface area contributed by atoms with E-state index in [0.717, 1.165) is 18.1 Å². The molecule has 0 radical (unpaired) electrons. The number of alkyl halides is 1. The number of rotatable bonds is 14. The number of hydrogen-bond donors (Lipinski definition) is 4. The molecule has 46 heavy (non-hydrogen) atoms. The summed E-state index contributed by atoms with van der Waals surface area (Å²) in [6.07, 6.45) is 7.17. The van der Waals surface area contributed by atoms with E-state index in [2.05, 4.69) is 14.2 Å². The molecule has 0 saturated heterocycles. The number of likely N-dealkylation sites (N-methyl/N-ethyl adjacent to an activating group) is 1. The maximum absolute atomic E-state index is 13.9. The van der Waals surface area contributed by atoms with Gasteiger partial charge in [0.2, 0.25) is 10.0 Å². The largest absolute Gasteiger partial charge is 0.492 e. The van der Waals surface area contributed by atoms with Crippen molar-refractivity contribution in [3.8, 4) is 5.75 Å². The number of hydrogen-bond acceptors (Lipinski definition) is 9. The maximum Gasteiger partial charge on any atom is 0.469 e. The topological polar surface area (TPSA) is 205 Å². The third-order valence-corrected chi connectivity index (χ3v) is 10.5. The number of phosphoric ester groups is 1. The Kier molecular flexibility index (Phi) is 9.64. The molecule has 3 unspecified atom stereocenters. The zero-order chi connectivity index (χ0) is 33.4. The Bertz CT molecular complexity index is 1830. The molecule has 1 aliphatic heterocycles. The van der Waals surface area contributed by atoms with Crippen LogP contribution >= 0.6 is 19.4 Å². The standard InChI is InChI=1S/C28H33ClN5O10PS/c1-32(2)9-11-43-21-5-6-23-18(13-21)14-24(31-23)27(35)19-12-20(16-29)28-7-3-4-25(22(28)17-33(34(36)37)26(28)15-19)46(41,42)30-8-10-44-45(38,39)40/h3-7,13-15,17,19-20,30-31H,8-12,16H2,1-2H3,(H2,38,39,40). The molecule has 1 spiro atoms. The summed E-state index contributed by atoms with van der Waals surface area (Å²) >= 11 is 6.47. The number of nitro groups is 1. The van der Waals surface area contributed by atoms with Crippen LogP contribution in [0.4, 0.5) is 0 Å². The number of aromatic amines is 1. The minimum atomic E-state index is -4.82. The van der Waals surface area contributed by atoms with Crippen LogP contribution in [0.1, 0.15) is 16.9 Å². The SMILES string of the molecule is CN(C)CCOc1ccc2[nH]c(C(=O)C3C=C4N([N+](=O)[O-])C=C5C(S(=O)(=O)NCCOP(=O)(O)O)=CC=CC54C(CCl)C3)cc2c1. The summed E-state index contributed by atoms with van der Waals surface area (Å²) in [5, 5.41) is 13.0. The number of ether oxygens (including phenoxy) is 1. The highest BCUT2D eigenvalue weighted by Gasteiger charge is 2.58. The number of carbonyl (C=O) groups is 1. The van der Waals surface area contributed by atoms with E-state index in [1.807, 2.05) is 31.1 Å². The fourth-order valence-electron chi connectivity index (χ4n) is 6.01. The van der Waals surface area contributed by atoms with Crippen molar-refractivity contribution in [2.24, 2.45) is 17.3 Å². The van der Waals surface area contributed by atoms with Crippen LogP contribution in [-0.4, -0.2) is 90.2 Å². The van der Waals surface area contributed by atoms with Crippen molar-refractivity contribution in [1.82, 2.24) is 19.6 Å². The zero-order valence-electron chi connectivity index (χ0n) is 24.8. The van der Waals surface area contributed by atoms with Gasteiger partial charge in [-0.15, -0.1) is 11.6 Å². The van der Waals surface area contributed by atoms with E-state index in [1.54, 1.807) is 18.2 Å². The van der Waals surface area contributed by atoms with Crippen LogP contribution in [-0.2, 0) is 19.1 Å². The fraction of sp³-hybridized carbons (Fsp3) is 0.393. The number of allylic oxidation sites excluding steroid dienone is 5. The van der Waals surface area contributed by atoms with Crippen LogP contribution in [0.3, 0.4) is 0 Å². The number of aromatic nitrogens is 1. The quantitative estimate of drug-likeness (QED) is 0.0562. The molecule has 0 amide bonds. The molecule has 3 aliphatic rings. The maximum atomic E-state index is 13.9. The van der Waals surface area contributed by atoms with Crippen LogP contribution in [0.15, 0.2) is 70.9 Å². The molecular weight excluding hydrogens is 665 g/mol. The minimum Gasteiger partial charge on any atom is -0.492 e. The molecule has 0 bridgehead atoms. The summed E-state index contributed by atoms with van der Waals surface area (Å²) in [6, 6.07) is 7.13. The number of nitrogens with zero attached hydrogens (tertiary/aromatic N) is 3. The normalized spacial score (nSPS) is 22.7. The number of nitrogens with one attached hydrogen (secondary N) is 2. The fourth-order valence-corrected chi connectivity index (χ4v) is 7.99. The lowest BCUT2D eigenvalue weighted by Crippen LogP contribution is -2.43. The number of H-pyrrole nitrogens is 1. The van der Waals surface area contributed by atoms with E-state index in [1.165, 1.54) is 18.2 Å². The highest BCUT2D eigenvalue weighted by molar-refractivity contribution is 7.93. The van der Waals surface area contributed by atoms with Crippen LogP contribution in [0.5, 0.6) is 5.75 Å². The van der Waals surface area contributed by atoms with Crippen molar-refractivity contribution in [1.29, 1.82) is 0 Å². The molecule has 0 saturated carbocycles. The van der Waals surface area contributed by atoms with Gasteiger partial charge in [0.25, 0.3) is 0 Å². The summed E-state index contributed by atoms with van der Waals surface area (Å²) < 4.78 is 50.0. The van der Waals surface area contributed by atoms with E-state index in [-0.39, 0.29) is 34.3 Å². The van der Waals surface area contributed by atoms with Crippen molar-refractivity contribution < 1.29 is 41.9 Å². The van der Waals surface area contributed by atoms with Crippen LogP contribution in [0.25, 0.3) is 10.9 Å². The van der Waals surface area contributed by atoms with E-state index in [4.69, 9.17) is 26.1 Å². The van der Waals surface area contributed by atoms with E-state index in [0.29, 0.717) is 28.6 Å². The van der Waals surface area contributed by atoms with Gasteiger partial charge in [-0.2, -0.15) is 0 Å². The Morgan fingerprint density at radius 2 is 2.07 bits per heavy atom. The molecule has 3 atom stereocenters. The van der Waals surface area contributed by atoms with Gasteiger partial charge in [-0.25, -0.2) is 27.8 Å². The van der Waals surface area contributed by atoms with Gasteiger partial charge in [0, 0.05) is 41.4 Å². The summed E-state index contributed by atoms with van der Waals surface area (Å²) in [6.45, 7) is 0.133. The van der Waals surface area contributed by atoms with Gasteiger partial charge in [0.15, 0.2) is 10.8 Å². The lowest BCUT2D eigenvalue weighted by atomic mass is 9.61. The molecule has 2 aliphatic carbocycles. The van der Waals surface area contributed by atoms with E-state index in [9.17, 15) is 27.9 Å². The first-order chi connectivity index (χ1) is 21.7. The number of halogens is 1. The second-order valence-corrected chi connectivity index (χ2v) is 14.6. The Balaban J connectivity index is 1.44. The predicted octanol–water partition coefficient (Wildman–Crippen LogP) is 2.91. The first-order valence-electron chi connectivity index (χ1n) is 14.1. The van der Waals surface area contributed by atoms with Crippen molar-refractivity contribution in [2.45, 2.75) is 6.42 Å². The van der Waals surface area contributed by atoms with Crippen molar-refractivity contribution in [2.75, 3.05) is 46.3 Å². The Morgan fingerprint density at radius 3 is 2.74 bits per heavy atom. The number of fused-ring (bicyclic) bond motifs is 1. The molecule has 1 aromatic heterocycles. The first-order valence-corrected chi connectivity index (χ1v) is 17.7. The van der Waals surface area contributed by atoms with Crippen LogP contribution < -0.4 is 9.46 Å². The van der Waals surface area contributed by atoms with Gasteiger partial charge in [-0.3, -0.25) is 9.32 Å². The molecule has 4 N–H and O–H groups in total. The van der Waals surface area contributed by atoms with Crippen molar-refractivity contribution in [3.05, 3.63) is 86.8 Å². The highest BCUT2D eigenvalue weighted by atomic mass is 35.5. The molecule has 2 heterocycles. The molecule has 2 aromatic rings. The van der Waals surface area contributed by atoms with Gasteiger partial charge in [-0.1, -0.05) is 17.2 Å². The average Bonchev–Trinajstić information content (AvgIpc) is 3.57. The van der Waals surface area contributed by atoms with Gasteiger partial charge in [0.1, 0.15) is 12.4 Å². The van der Waals surface area contributed by atoms with Gasteiger partial charge >= 0.3 is 7.82 Å². The van der Waals surface area contributed by atoms with Crippen LogP contribution in [0.2, 0.25) is 0 Å². The average molecular weight is 698 g/mol. The second-order valence-electron chi connectivity index (χ2n) is 11.3. The third kappa shape index (κ3) is 6.71. The second kappa shape index (κ2) is 13.0. The predicted molar refractivity (Wildman–Crippen MR) is 169 cm³/mol. The molecule has 1 aromatic carbocycles. The van der Waals surface area contributed by atoms with Gasteiger partial charge in [-0.05, 0) is 62.9 Å². The van der Waals surface area contributed by atoms with Gasteiger partial charge < -0.3 is 24.4 Å².